The summed E-state index contributed by atoms with van der Waals surface area (Å²) in [5.41, 5.74) is 3.00. The fraction of sp³-hybridized carbons (Fsp3) is 0. The zero-order chi connectivity index (χ0) is 16.4. The van der Waals surface area contributed by atoms with Gasteiger partial charge in [0, 0.05) is 28.0 Å². The number of hydrogen-bond acceptors (Lipinski definition) is 3. The molecule has 2 heterocycles. The molecule has 4 nitrogen and oxygen atoms in total. The Morgan fingerprint density at radius 1 is 0.667 bits per heavy atom. The molecule has 5 heteroatoms. The highest BCUT2D eigenvalue weighted by molar-refractivity contribution is 9.10. The van der Waals surface area contributed by atoms with Gasteiger partial charge in [-0.2, -0.15) is 0 Å². The van der Waals surface area contributed by atoms with Crippen LogP contribution in [0.3, 0.4) is 0 Å². The molecular formula is C19H13BrN4. The minimum atomic E-state index is 0.799. The molecule has 0 saturated carbocycles. The van der Waals surface area contributed by atoms with Crippen molar-refractivity contribution < 1.29 is 0 Å². The fourth-order valence-electron chi connectivity index (χ4n) is 2.58. The van der Waals surface area contributed by atoms with E-state index in [9.17, 15) is 0 Å². The van der Waals surface area contributed by atoms with Crippen LogP contribution in [0.4, 0.5) is 0 Å². The monoisotopic (exact) mass is 376 g/mol. The number of rotatable bonds is 3. The number of halogens is 1. The molecule has 0 bridgehead atoms. The van der Waals surface area contributed by atoms with Gasteiger partial charge < -0.3 is 0 Å². The summed E-state index contributed by atoms with van der Waals surface area (Å²) in [6, 6.07) is 22.0. The molecule has 2 aromatic heterocycles. The van der Waals surface area contributed by atoms with Crippen LogP contribution in [0.25, 0.3) is 28.5 Å². The third kappa shape index (κ3) is 2.74. The number of aromatic nitrogens is 4. The van der Waals surface area contributed by atoms with E-state index in [1.54, 1.807) is 12.4 Å². The third-order valence-electron chi connectivity index (χ3n) is 3.72. The summed E-state index contributed by atoms with van der Waals surface area (Å²) in [7, 11) is 0. The van der Waals surface area contributed by atoms with Crippen molar-refractivity contribution in [2.45, 2.75) is 0 Å². The molecule has 0 aliphatic carbocycles. The van der Waals surface area contributed by atoms with Crippen LogP contribution < -0.4 is 0 Å². The topological polar surface area (TPSA) is 43.6 Å². The number of benzene rings is 2. The molecule has 116 valence electrons. The van der Waals surface area contributed by atoms with E-state index in [1.807, 2.05) is 66.7 Å². The molecule has 0 N–H and O–H groups in total. The van der Waals surface area contributed by atoms with Gasteiger partial charge in [0.2, 0.25) is 0 Å². The summed E-state index contributed by atoms with van der Waals surface area (Å²) in [5.74, 6) is 1.60. The van der Waals surface area contributed by atoms with Crippen molar-refractivity contribution >= 4 is 15.9 Å². The Morgan fingerprint density at radius 3 is 1.88 bits per heavy atom. The molecule has 4 rings (SSSR count). The van der Waals surface area contributed by atoms with Crippen LogP contribution >= 0.6 is 15.9 Å². The van der Waals surface area contributed by atoms with Crippen LogP contribution in [-0.4, -0.2) is 19.7 Å². The van der Waals surface area contributed by atoms with Gasteiger partial charge in [-0.1, -0.05) is 58.4 Å². The number of nitrogens with zero attached hydrogens (tertiary/aromatic N) is 4. The van der Waals surface area contributed by atoms with Crippen LogP contribution in [-0.2, 0) is 0 Å². The highest BCUT2D eigenvalue weighted by Gasteiger charge is 2.16. The lowest BCUT2D eigenvalue weighted by molar-refractivity contribution is 1.06. The van der Waals surface area contributed by atoms with Gasteiger partial charge in [-0.15, -0.1) is 10.2 Å². The SMILES string of the molecule is Brc1ccc(-c2nnc(-c3ccccc3)n2-c2ccncc2)cc1. The molecule has 0 aliphatic rings. The maximum Gasteiger partial charge on any atom is 0.168 e. The maximum absolute atomic E-state index is 4.45. The number of hydrogen-bond donors (Lipinski definition) is 0. The lowest BCUT2D eigenvalue weighted by Crippen LogP contribution is -2.00. The van der Waals surface area contributed by atoms with Crippen molar-refractivity contribution in [3.05, 3.63) is 83.6 Å². The van der Waals surface area contributed by atoms with Crippen LogP contribution in [0.1, 0.15) is 0 Å². The van der Waals surface area contributed by atoms with Crippen LogP contribution in [0, 0.1) is 0 Å². The van der Waals surface area contributed by atoms with E-state index in [4.69, 9.17) is 0 Å². The molecule has 0 fully saturated rings. The molecule has 0 atom stereocenters. The smallest absolute Gasteiger partial charge is 0.168 e. The predicted molar refractivity (Wildman–Crippen MR) is 97.7 cm³/mol. The van der Waals surface area contributed by atoms with Gasteiger partial charge in [0.05, 0.1) is 5.69 Å². The minimum Gasteiger partial charge on any atom is -0.275 e. The lowest BCUT2D eigenvalue weighted by atomic mass is 10.2. The summed E-state index contributed by atoms with van der Waals surface area (Å²) >= 11 is 3.47. The van der Waals surface area contributed by atoms with Gasteiger partial charge in [-0.25, -0.2) is 0 Å². The van der Waals surface area contributed by atoms with Crippen molar-refractivity contribution in [2.75, 3.05) is 0 Å². The zero-order valence-electron chi connectivity index (χ0n) is 12.7. The van der Waals surface area contributed by atoms with Gasteiger partial charge in [-0.3, -0.25) is 9.55 Å². The first-order chi connectivity index (χ1) is 11.8. The van der Waals surface area contributed by atoms with E-state index in [-0.39, 0.29) is 0 Å². The molecule has 0 aliphatic heterocycles. The molecule has 0 spiro atoms. The third-order valence-corrected chi connectivity index (χ3v) is 4.25. The summed E-state index contributed by atoms with van der Waals surface area (Å²) in [4.78, 5) is 4.11. The quantitative estimate of drug-likeness (QED) is 0.517. The average Bonchev–Trinajstić information content (AvgIpc) is 3.09. The van der Waals surface area contributed by atoms with Gasteiger partial charge >= 0.3 is 0 Å². The highest BCUT2D eigenvalue weighted by Crippen LogP contribution is 2.28. The van der Waals surface area contributed by atoms with Crippen LogP contribution in [0.15, 0.2) is 83.6 Å². The van der Waals surface area contributed by atoms with E-state index in [1.165, 1.54) is 0 Å². The van der Waals surface area contributed by atoms with Crippen LogP contribution in [0.2, 0.25) is 0 Å². The maximum atomic E-state index is 4.45. The Balaban J connectivity index is 1.95. The molecule has 4 aromatic rings. The zero-order valence-corrected chi connectivity index (χ0v) is 14.3. The first kappa shape index (κ1) is 14.8. The summed E-state index contributed by atoms with van der Waals surface area (Å²) in [6.07, 6.45) is 3.55. The summed E-state index contributed by atoms with van der Waals surface area (Å²) < 4.78 is 3.09. The van der Waals surface area contributed by atoms with Crippen molar-refractivity contribution in [1.29, 1.82) is 0 Å². The molecule has 0 unspecified atom stereocenters. The summed E-state index contributed by atoms with van der Waals surface area (Å²) in [5, 5.41) is 8.89. The van der Waals surface area contributed by atoms with Crippen molar-refractivity contribution in [3.8, 4) is 28.5 Å². The Labute approximate surface area is 148 Å². The second-order valence-electron chi connectivity index (χ2n) is 5.26. The van der Waals surface area contributed by atoms with E-state index in [0.717, 1.165) is 32.9 Å². The largest absolute Gasteiger partial charge is 0.275 e. The van der Waals surface area contributed by atoms with Crippen molar-refractivity contribution in [2.24, 2.45) is 0 Å². The van der Waals surface area contributed by atoms with E-state index >= 15 is 0 Å². The van der Waals surface area contributed by atoms with E-state index in [0.29, 0.717) is 0 Å². The Kier molecular flexibility index (Phi) is 3.92. The lowest BCUT2D eigenvalue weighted by Gasteiger charge is -2.10. The van der Waals surface area contributed by atoms with Gasteiger partial charge in [0.1, 0.15) is 0 Å². The standard InChI is InChI=1S/C19H13BrN4/c20-16-8-6-15(7-9-16)19-23-22-18(14-4-2-1-3-5-14)24(19)17-10-12-21-13-11-17/h1-13H. The fourth-order valence-corrected chi connectivity index (χ4v) is 2.85. The Morgan fingerprint density at radius 2 is 1.25 bits per heavy atom. The predicted octanol–water partition coefficient (Wildman–Crippen LogP) is 4.76. The van der Waals surface area contributed by atoms with Gasteiger partial charge in [0.15, 0.2) is 11.6 Å². The normalized spacial score (nSPS) is 10.7. The second kappa shape index (κ2) is 6.37. The number of pyridine rings is 1. The highest BCUT2D eigenvalue weighted by atomic mass is 79.9. The summed E-state index contributed by atoms with van der Waals surface area (Å²) in [6.45, 7) is 0. The second-order valence-corrected chi connectivity index (χ2v) is 6.18. The molecular weight excluding hydrogens is 364 g/mol. The first-order valence-electron chi connectivity index (χ1n) is 7.50. The average molecular weight is 377 g/mol. The van der Waals surface area contributed by atoms with E-state index < -0.39 is 0 Å². The first-order valence-corrected chi connectivity index (χ1v) is 8.29. The van der Waals surface area contributed by atoms with Gasteiger partial charge in [-0.05, 0) is 24.3 Å². The van der Waals surface area contributed by atoms with Crippen molar-refractivity contribution in [3.63, 3.8) is 0 Å². The van der Waals surface area contributed by atoms with Crippen LogP contribution in [0.5, 0.6) is 0 Å². The molecule has 24 heavy (non-hydrogen) atoms. The molecule has 0 radical (unpaired) electrons. The molecule has 2 aromatic carbocycles. The molecule has 0 amide bonds. The van der Waals surface area contributed by atoms with E-state index in [2.05, 4.69) is 35.7 Å². The Bertz CT molecular complexity index is 948. The molecule has 0 saturated heterocycles. The Hall–Kier alpha value is -2.79. The minimum absolute atomic E-state index is 0.799. The van der Waals surface area contributed by atoms with Gasteiger partial charge in [0.25, 0.3) is 0 Å². The van der Waals surface area contributed by atoms with Crippen molar-refractivity contribution in [1.82, 2.24) is 19.7 Å².